The lowest BCUT2D eigenvalue weighted by atomic mass is 9.82. The van der Waals surface area contributed by atoms with E-state index in [9.17, 15) is 4.79 Å². The summed E-state index contributed by atoms with van der Waals surface area (Å²) in [5.74, 6) is 2.35. The van der Waals surface area contributed by atoms with Crippen LogP contribution in [-0.2, 0) is 4.79 Å². The number of hydrogen-bond donors (Lipinski definition) is 1. The van der Waals surface area contributed by atoms with Gasteiger partial charge in [0, 0.05) is 13.0 Å². The summed E-state index contributed by atoms with van der Waals surface area (Å²) in [6.45, 7) is 0. The first-order valence-electron chi connectivity index (χ1n) is 5.53. The molecule has 0 aromatic rings. The van der Waals surface area contributed by atoms with Crippen LogP contribution < -0.4 is 5.32 Å². The molecule has 1 amide bonds. The van der Waals surface area contributed by atoms with E-state index < -0.39 is 0 Å². The summed E-state index contributed by atoms with van der Waals surface area (Å²) in [5.41, 5.74) is 0. The minimum absolute atomic E-state index is 0.273. The van der Waals surface area contributed by atoms with Gasteiger partial charge in [-0.25, -0.2) is 0 Å². The number of fused-ring (bicyclic) bond motifs is 1. The summed E-state index contributed by atoms with van der Waals surface area (Å²) < 4.78 is 0. The first kappa shape index (κ1) is 9.04. The van der Waals surface area contributed by atoms with Gasteiger partial charge in [0.05, 0.1) is 0 Å². The summed E-state index contributed by atoms with van der Waals surface area (Å²) in [6.07, 6.45) is 7.84. The van der Waals surface area contributed by atoms with Gasteiger partial charge >= 0.3 is 0 Å². The maximum atomic E-state index is 11.4. The highest BCUT2D eigenvalue weighted by molar-refractivity contribution is 5.78. The van der Waals surface area contributed by atoms with Crippen LogP contribution in [0, 0.1) is 17.8 Å². The van der Waals surface area contributed by atoms with E-state index in [1.54, 1.807) is 7.05 Å². The third-order valence-electron chi connectivity index (χ3n) is 3.86. The molecule has 2 fully saturated rings. The van der Waals surface area contributed by atoms with Crippen LogP contribution in [0.4, 0.5) is 0 Å². The van der Waals surface area contributed by atoms with Gasteiger partial charge in [0.2, 0.25) is 5.91 Å². The van der Waals surface area contributed by atoms with Crippen LogP contribution in [0.1, 0.15) is 38.5 Å². The smallest absolute Gasteiger partial charge is 0.222 e. The fraction of sp³-hybridized carbons (Fsp3) is 0.909. The zero-order chi connectivity index (χ0) is 9.26. The van der Waals surface area contributed by atoms with Crippen molar-refractivity contribution >= 4 is 5.91 Å². The van der Waals surface area contributed by atoms with Crippen molar-refractivity contribution in [1.29, 1.82) is 0 Å². The van der Waals surface area contributed by atoms with Gasteiger partial charge in [0.1, 0.15) is 0 Å². The fourth-order valence-corrected chi connectivity index (χ4v) is 3.15. The molecule has 2 aliphatic carbocycles. The number of nitrogens with one attached hydrogen (secondary N) is 1. The van der Waals surface area contributed by atoms with Crippen LogP contribution in [0.25, 0.3) is 0 Å². The molecule has 0 heterocycles. The number of rotatable bonds is 1. The van der Waals surface area contributed by atoms with Gasteiger partial charge in [-0.15, -0.1) is 0 Å². The summed E-state index contributed by atoms with van der Waals surface area (Å²) >= 11 is 0. The summed E-state index contributed by atoms with van der Waals surface area (Å²) in [7, 11) is 1.75. The molecule has 0 saturated heterocycles. The van der Waals surface area contributed by atoms with Crippen molar-refractivity contribution < 1.29 is 4.79 Å². The van der Waals surface area contributed by atoms with E-state index in [0.29, 0.717) is 5.92 Å². The second kappa shape index (κ2) is 3.69. The Hall–Kier alpha value is -0.530. The molecule has 0 spiro atoms. The Kier molecular flexibility index (Phi) is 2.56. The molecule has 2 nitrogen and oxygen atoms in total. The number of carbonyl (C=O) groups is 1. The minimum Gasteiger partial charge on any atom is -0.359 e. The lowest BCUT2D eigenvalue weighted by Crippen LogP contribution is -2.25. The van der Waals surface area contributed by atoms with Gasteiger partial charge in [0.25, 0.3) is 0 Å². The highest BCUT2D eigenvalue weighted by atomic mass is 16.1. The lowest BCUT2D eigenvalue weighted by molar-refractivity contribution is -0.124. The van der Waals surface area contributed by atoms with Crippen molar-refractivity contribution in [2.75, 3.05) is 7.05 Å². The van der Waals surface area contributed by atoms with E-state index in [2.05, 4.69) is 5.32 Å². The topological polar surface area (TPSA) is 29.1 Å². The molecule has 0 aromatic carbocycles. The number of hydrogen-bond acceptors (Lipinski definition) is 1. The predicted octanol–water partition coefficient (Wildman–Crippen LogP) is 1.95. The Balaban J connectivity index is 1.94. The van der Waals surface area contributed by atoms with Crippen LogP contribution in [-0.4, -0.2) is 13.0 Å². The molecule has 0 aliphatic heterocycles. The molecule has 13 heavy (non-hydrogen) atoms. The molecule has 2 unspecified atom stereocenters. The number of amides is 1. The van der Waals surface area contributed by atoms with Crippen molar-refractivity contribution in [2.24, 2.45) is 17.8 Å². The van der Waals surface area contributed by atoms with Gasteiger partial charge in [-0.2, -0.15) is 0 Å². The molecule has 2 heteroatoms. The Morgan fingerprint density at radius 3 is 2.15 bits per heavy atom. The molecule has 1 N–H and O–H groups in total. The molecule has 2 atom stereocenters. The first-order valence-corrected chi connectivity index (χ1v) is 5.53. The van der Waals surface area contributed by atoms with E-state index in [0.717, 1.165) is 24.7 Å². The standard InChI is InChI=1S/C11H19NO/c1-12-11(13)10-6-8-4-2-3-5-9(8)7-10/h8-10H,2-7H2,1H3,(H,12,13). The molecule has 2 saturated carbocycles. The summed E-state index contributed by atoms with van der Waals surface area (Å²) in [6, 6.07) is 0. The maximum Gasteiger partial charge on any atom is 0.222 e. The summed E-state index contributed by atoms with van der Waals surface area (Å²) in [4.78, 5) is 11.4. The van der Waals surface area contributed by atoms with Crippen LogP contribution in [0.5, 0.6) is 0 Å². The normalized spacial score (nSPS) is 38.4. The minimum atomic E-state index is 0.273. The Bertz CT molecular complexity index is 188. The summed E-state index contributed by atoms with van der Waals surface area (Å²) in [5, 5.41) is 2.78. The predicted molar refractivity (Wildman–Crippen MR) is 52.2 cm³/mol. The first-order chi connectivity index (χ1) is 6.31. The Morgan fingerprint density at radius 1 is 1.15 bits per heavy atom. The third kappa shape index (κ3) is 1.72. The zero-order valence-electron chi connectivity index (χ0n) is 8.38. The van der Waals surface area contributed by atoms with E-state index in [-0.39, 0.29) is 5.91 Å². The van der Waals surface area contributed by atoms with E-state index in [4.69, 9.17) is 0 Å². The SMILES string of the molecule is CNC(=O)C1CC2CCCCC2C1. The van der Waals surface area contributed by atoms with E-state index in [1.165, 1.54) is 25.7 Å². The average molecular weight is 181 g/mol. The third-order valence-corrected chi connectivity index (χ3v) is 3.86. The van der Waals surface area contributed by atoms with Crippen molar-refractivity contribution in [1.82, 2.24) is 5.32 Å². The Labute approximate surface area is 80.1 Å². The highest BCUT2D eigenvalue weighted by Gasteiger charge is 2.38. The monoisotopic (exact) mass is 181 g/mol. The molecular weight excluding hydrogens is 162 g/mol. The fourth-order valence-electron chi connectivity index (χ4n) is 3.15. The molecule has 0 aromatic heterocycles. The van der Waals surface area contributed by atoms with Gasteiger partial charge in [-0.1, -0.05) is 25.7 Å². The van der Waals surface area contributed by atoms with Gasteiger partial charge < -0.3 is 5.32 Å². The largest absolute Gasteiger partial charge is 0.359 e. The quantitative estimate of drug-likeness (QED) is 0.658. The van der Waals surface area contributed by atoms with Gasteiger partial charge in [0.15, 0.2) is 0 Å². The molecule has 0 radical (unpaired) electrons. The molecule has 2 aliphatic rings. The average Bonchev–Trinajstić information content (AvgIpc) is 2.59. The second-order valence-corrected chi connectivity index (χ2v) is 4.59. The van der Waals surface area contributed by atoms with Crippen molar-refractivity contribution in [3.05, 3.63) is 0 Å². The van der Waals surface area contributed by atoms with Crippen LogP contribution in [0.15, 0.2) is 0 Å². The maximum absolute atomic E-state index is 11.4. The zero-order valence-corrected chi connectivity index (χ0v) is 8.38. The second-order valence-electron chi connectivity index (χ2n) is 4.59. The molecule has 2 rings (SSSR count). The highest BCUT2D eigenvalue weighted by Crippen LogP contribution is 2.44. The van der Waals surface area contributed by atoms with Gasteiger partial charge in [-0.05, 0) is 24.7 Å². The van der Waals surface area contributed by atoms with Crippen molar-refractivity contribution in [3.63, 3.8) is 0 Å². The lowest BCUT2D eigenvalue weighted by Gasteiger charge is -2.24. The van der Waals surface area contributed by atoms with Crippen LogP contribution in [0.2, 0.25) is 0 Å². The van der Waals surface area contributed by atoms with Crippen LogP contribution in [0.3, 0.4) is 0 Å². The van der Waals surface area contributed by atoms with Crippen molar-refractivity contribution in [2.45, 2.75) is 38.5 Å². The Morgan fingerprint density at radius 2 is 1.69 bits per heavy atom. The van der Waals surface area contributed by atoms with E-state index >= 15 is 0 Å². The van der Waals surface area contributed by atoms with Gasteiger partial charge in [-0.3, -0.25) is 4.79 Å². The molecular formula is C11H19NO. The van der Waals surface area contributed by atoms with Crippen molar-refractivity contribution in [3.8, 4) is 0 Å². The number of carbonyl (C=O) groups excluding carboxylic acids is 1. The van der Waals surface area contributed by atoms with Crippen LogP contribution >= 0.6 is 0 Å². The van der Waals surface area contributed by atoms with E-state index in [1.807, 2.05) is 0 Å². The molecule has 0 bridgehead atoms. The molecule has 74 valence electrons.